The van der Waals surface area contributed by atoms with Crippen LogP contribution in [0, 0.1) is 0 Å². The number of carbonyl (C=O) groups is 1. The number of rotatable bonds is 9. The first kappa shape index (κ1) is 17.9. The molecule has 4 nitrogen and oxygen atoms in total. The lowest BCUT2D eigenvalue weighted by Crippen LogP contribution is -2.09. The number of aryl methyl sites for hydroxylation is 2. The first-order valence-electron chi connectivity index (χ1n) is 8.99. The number of allylic oxidation sites excluding steroid dienone is 1. The number of carbonyl (C=O) groups excluding carboxylic acids is 1. The SMILES string of the molecule is C=CCn1c(SCC(=O)c2cc(CC)ccc2CC)nnc1C1CC1. The van der Waals surface area contributed by atoms with Crippen LogP contribution in [0.15, 0.2) is 36.0 Å². The van der Waals surface area contributed by atoms with Crippen molar-refractivity contribution in [3.05, 3.63) is 53.4 Å². The molecule has 1 aromatic heterocycles. The second-order valence-corrected chi connectivity index (χ2v) is 7.37. The molecule has 1 saturated carbocycles. The molecule has 0 aliphatic heterocycles. The molecule has 0 atom stereocenters. The van der Waals surface area contributed by atoms with Crippen LogP contribution in [-0.4, -0.2) is 26.3 Å². The maximum atomic E-state index is 12.8. The third kappa shape index (κ3) is 4.03. The number of ketones is 1. The quantitative estimate of drug-likeness (QED) is 0.379. The van der Waals surface area contributed by atoms with E-state index in [4.69, 9.17) is 0 Å². The van der Waals surface area contributed by atoms with Crippen molar-refractivity contribution in [2.24, 2.45) is 0 Å². The molecule has 5 heteroatoms. The standard InChI is InChI=1S/C20H25N3OS/c1-4-11-23-19(16-9-10-16)21-22-20(23)25-13-18(24)17-12-14(5-2)7-8-15(17)6-3/h4,7-8,12,16H,1,5-6,9-11,13H2,2-3H3. The molecule has 3 rings (SSSR count). The van der Waals surface area contributed by atoms with Gasteiger partial charge in [-0.25, -0.2) is 0 Å². The highest BCUT2D eigenvalue weighted by molar-refractivity contribution is 7.99. The minimum absolute atomic E-state index is 0.165. The third-order valence-electron chi connectivity index (χ3n) is 4.60. The van der Waals surface area contributed by atoms with Crippen LogP contribution in [0.25, 0.3) is 0 Å². The van der Waals surface area contributed by atoms with E-state index in [1.165, 1.54) is 30.2 Å². The molecule has 0 spiro atoms. The largest absolute Gasteiger partial charge is 0.302 e. The van der Waals surface area contributed by atoms with Crippen LogP contribution in [0.2, 0.25) is 0 Å². The number of Topliss-reactive ketones (excluding diaryl/α,β-unsaturated/α-hetero) is 1. The number of aromatic nitrogens is 3. The first-order valence-corrected chi connectivity index (χ1v) is 9.98. The Morgan fingerprint density at radius 3 is 2.76 bits per heavy atom. The number of nitrogens with zero attached hydrogens (tertiary/aromatic N) is 3. The Labute approximate surface area is 153 Å². The van der Waals surface area contributed by atoms with Crippen LogP contribution in [0.1, 0.15) is 59.9 Å². The molecule has 0 saturated heterocycles. The Balaban J connectivity index is 1.75. The summed E-state index contributed by atoms with van der Waals surface area (Å²) in [5.41, 5.74) is 3.18. The van der Waals surface area contributed by atoms with Crippen LogP contribution < -0.4 is 0 Å². The Bertz CT molecular complexity index is 777. The van der Waals surface area contributed by atoms with E-state index in [9.17, 15) is 4.79 Å². The molecule has 25 heavy (non-hydrogen) atoms. The Kier molecular flexibility index (Phi) is 5.74. The van der Waals surface area contributed by atoms with Crippen molar-refractivity contribution in [3.8, 4) is 0 Å². The lowest BCUT2D eigenvalue weighted by atomic mass is 9.98. The van der Waals surface area contributed by atoms with E-state index in [-0.39, 0.29) is 5.78 Å². The summed E-state index contributed by atoms with van der Waals surface area (Å²) < 4.78 is 2.10. The molecule has 0 radical (unpaired) electrons. The molecule has 0 amide bonds. The van der Waals surface area contributed by atoms with Crippen molar-refractivity contribution >= 4 is 17.5 Å². The van der Waals surface area contributed by atoms with E-state index in [1.807, 2.05) is 12.1 Å². The van der Waals surface area contributed by atoms with Crippen molar-refractivity contribution in [2.45, 2.75) is 57.1 Å². The highest BCUT2D eigenvalue weighted by atomic mass is 32.2. The van der Waals surface area contributed by atoms with Crippen LogP contribution in [0.5, 0.6) is 0 Å². The molecule has 1 heterocycles. The molecule has 2 aromatic rings. The average Bonchev–Trinajstić information content (AvgIpc) is 3.41. The number of hydrogen-bond acceptors (Lipinski definition) is 4. The molecule has 132 valence electrons. The Hall–Kier alpha value is -1.88. The Morgan fingerprint density at radius 2 is 2.12 bits per heavy atom. The fourth-order valence-electron chi connectivity index (χ4n) is 2.97. The van der Waals surface area contributed by atoms with Gasteiger partial charge in [-0.1, -0.05) is 43.8 Å². The zero-order valence-electron chi connectivity index (χ0n) is 15.0. The fourth-order valence-corrected chi connectivity index (χ4v) is 3.81. The van der Waals surface area contributed by atoms with E-state index >= 15 is 0 Å². The number of hydrogen-bond donors (Lipinski definition) is 0. The monoisotopic (exact) mass is 355 g/mol. The summed E-state index contributed by atoms with van der Waals surface area (Å²) in [6.45, 7) is 8.73. The predicted octanol–water partition coefficient (Wildman–Crippen LogP) is 4.44. The van der Waals surface area contributed by atoms with Crippen molar-refractivity contribution in [1.82, 2.24) is 14.8 Å². The number of benzene rings is 1. The van der Waals surface area contributed by atoms with Crippen molar-refractivity contribution in [3.63, 3.8) is 0 Å². The zero-order valence-corrected chi connectivity index (χ0v) is 15.8. The van der Waals surface area contributed by atoms with Crippen LogP contribution in [-0.2, 0) is 19.4 Å². The maximum absolute atomic E-state index is 12.8. The summed E-state index contributed by atoms with van der Waals surface area (Å²) in [7, 11) is 0. The molecule has 1 aliphatic carbocycles. The summed E-state index contributed by atoms with van der Waals surface area (Å²) in [5, 5.41) is 9.47. The van der Waals surface area contributed by atoms with Gasteiger partial charge in [0.2, 0.25) is 0 Å². The van der Waals surface area contributed by atoms with Gasteiger partial charge in [-0.2, -0.15) is 0 Å². The van der Waals surface area contributed by atoms with E-state index in [2.05, 4.69) is 47.3 Å². The van der Waals surface area contributed by atoms with Gasteiger partial charge in [0, 0.05) is 18.0 Å². The van der Waals surface area contributed by atoms with Gasteiger partial charge >= 0.3 is 0 Å². The summed E-state index contributed by atoms with van der Waals surface area (Å²) in [4.78, 5) is 12.8. The molecule has 0 bridgehead atoms. The predicted molar refractivity (Wildman–Crippen MR) is 102 cm³/mol. The normalized spacial score (nSPS) is 13.8. The van der Waals surface area contributed by atoms with Gasteiger partial charge < -0.3 is 4.57 Å². The zero-order chi connectivity index (χ0) is 17.8. The van der Waals surface area contributed by atoms with Gasteiger partial charge in [-0.05, 0) is 42.9 Å². The van der Waals surface area contributed by atoms with Gasteiger partial charge in [0.15, 0.2) is 10.9 Å². The number of thioether (sulfide) groups is 1. The molecule has 0 unspecified atom stereocenters. The topological polar surface area (TPSA) is 47.8 Å². The van der Waals surface area contributed by atoms with Crippen molar-refractivity contribution < 1.29 is 4.79 Å². The molecule has 0 N–H and O–H groups in total. The molecule has 1 aromatic carbocycles. The first-order chi connectivity index (χ1) is 12.2. The molecular weight excluding hydrogens is 330 g/mol. The van der Waals surface area contributed by atoms with Crippen molar-refractivity contribution in [2.75, 3.05) is 5.75 Å². The van der Waals surface area contributed by atoms with Gasteiger partial charge in [-0.3, -0.25) is 4.79 Å². The van der Waals surface area contributed by atoms with E-state index in [1.54, 1.807) is 0 Å². The fraction of sp³-hybridized carbons (Fsp3) is 0.450. The van der Waals surface area contributed by atoms with Gasteiger partial charge in [-0.15, -0.1) is 16.8 Å². The van der Waals surface area contributed by atoms with Crippen molar-refractivity contribution in [1.29, 1.82) is 0 Å². The Morgan fingerprint density at radius 1 is 1.32 bits per heavy atom. The summed E-state index contributed by atoms with van der Waals surface area (Å²) >= 11 is 1.48. The van der Waals surface area contributed by atoms with E-state index < -0.39 is 0 Å². The van der Waals surface area contributed by atoms with Gasteiger partial charge in [0.05, 0.1) is 5.75 Å². The second-order valence-electron chi connectivity index (χ2n) is 6.42. The van der Waals surface area contributed by atoms with E-state index in [0.29, 0.717) is 18.2 Å². The summed E-state index contributed by atoms with van der Waals surface area (Å²) in [5.74, 6) is 2.13. The maximum Gasteiger partial charge on any atom is 0.191 e. The summed E-state index contributed by atoms with van der Waals surface area (Å²) in [6.07, 6.45) is 6.04. The summed E-state index contributed by atoms with van der Waals surface area (Å²) in [6, 6.07) is 6.25. The molecule has 1 aliphatic rings. The minimum Gasteiger partial charge on any atom is -0.302 e. The van der Waals surface area contributed by atoms with Crippen LogP contribution in [0.3, 0.4) is 0 Å². The second kappa shape index (κ2) is 8.00. The lowest BCUT2D eigenvalue weighted by Gasteiger charge is -2.10. The van der Waals surface area contributed by atoms with Gasteiger partial charge in [0.25, 0.3) is 0 Å². The third-order valence-corrected chi connectivity index (χ3v) is 5.56. The van der Waals surface area contributed by atoms with E-state index in [0.717, 1.165) is 34.9 Å². The highest BCUT2D eigenvalue weighted by Gasteiger charge is 2.30. The molecule has 1 fully saturated rings. The lowest BCUT2D eigenvalue weighted by molar-refractivity contribution is 0.102. The average molecular weight is 356 g/mol. The highest BCUT2D eigenvalue weighted by Crippen LogP contribution is 2.40. The van der Waals surface area contributed by atoms with Crippen LogP contribution in [0.4, 0.5) is 0 Å². The smallest absolute Gasteiger partial charge is 0.191 e. The minimum atomic E-state index is 0.165. The van der Waals surface area contributed by atoms with Gasteiger partial charge in [0.1, 0.15) is 5.82 Å². The molecular formula is C20H25N3OS. The van der Waals surface area contributed by atoms with Crippen LogP contribution >= 0.6 is 11.8 Å².